The molecule has 0 spiro atoms. The van der Waals surface area contributed by atoms with E-state index in [1.807, 2.05) is 0 Å². The summed E-state index contributed by atoms with van der Waals surface area (Å²) < 4.78 is 29.7. The van der Waals surface area contributed by atoms with Crippen LogP contribution in [0, 0.1) is 0 Å². The zero-order valence-electron chi connectivity index (χ0n) is 11.1. The van der Waals surface area contributed by atoms with Gasteiger partial charge in [0.2, 0.25) is 0 Å². The molecule has 0 bridgehead atoms. The highest BCUT2D eigenvalue weighted by atomic mass is 35.7. The van der Waals surface area contributed by atoms with E-state index in [9.17, 15) is 8.42 Å². The Hall–Kier alpha value is -2.38. The van der Waals surface area contributed by atoms with E-state index in [0.717, 1.165) is 0 Å². The molecule has 0 saturated carbocycles. The summed E-state index contributed by atoms with van der Waals surface area (Å²) in [5.74, 6) is 1.74. The van der Waals surface area contributed by atoms with Crippen LogP contribution >= 0.6 is 10.7 Å². The molecule has 0 aliphatic heterocycles. The molecule has 0 amide bonds. The predicted molar refractivity (Wildman–Crippen MR) is 80.9 cm³/mol. The van der Waals surface area contributed by atoms with Gasteiger partial charge in [0.05, 0.1) is 11.1 Å². The van der Waals surface area contributed by atoms with Gasteiger partial charge in [-0.15, -0.1) is 0 Å². The number of hydrogen-bond acceptors (Lipinski definition) is 5. The van der Waals surface area contributed by atoms with Crippen LogP contribution in [-0.4, -0.2) is 23.0 Å². The quantitative estimate of drug-likeness (QED) is 0.685. The van der Waals surface area contributed by atoms with Gasteiger partial charge in [-0.25, -0.2) is 18.4 Å². The highest BCUT2D eigenvalue weighted by molar-refractivity contribution is 8.13. The van der Waals surface area contributed by atoms with Crippen molar-refractivity contribution in [2.75, 3.05) is 0 Å². The van der Waals surface area contributed by atoms with Crippen LogP contribution < -0.4 is 4.74 Å². The van der Waals surface area contributed by atoms with Crippen molar-refractivity contribution in [1.29, 1.82) is 0 Å². The Morgan fingerprint density at radius 1 is 1.05 bits per heavy atom. The molecule has 0 unspecified atom stereocenters. The lowest BCUT2D eigenvalue weighted by atomic mass is 10.3. The molecule has 2 heterocycles. The third-order valence-electron chi connectivity index (χ3n) is 2.83. The van der Waals surface area contributed by atoms with Crippen LogP contribution in [0.3, 0.4) is 0 Å². The zero-order valence-corrected chi connectivity index (χ0v) is 12.7. The first kappa shape index (κ1) is 14.6. The summed E-state index contributed by atoms with van der Waals surface area (Å²) >= 11 is 0. The highest BCUT2D eigenvalue weighted by Gasteiger charge is 2.09. The van der Waals surface area contributed by atoms with Gasteiger partial charge >= 0.3 is 0 Å². The van der Waals surface area contributed by atoms with Crippen molar-refractivity contribution >= 4 is 19.7 Å². The molecule has 0 radical (unpaired) electrons. The fourth-order valence-corrected chi connectivity index (χ4v) is 2.56. The summed E-state index contributed by atoms with van der Waals surface area (Å²) in [6.45, 7) is 0. The van der Waals surface area contributed by atoms with Crippen molar-refractivity contribution < 1.29 is 13.2 Å². The maximum atomic E-state index is 11.2. The second-order valence-electron chi connectivity index (χ2n) is 4.33. The molecule has 22 heavy (non-hydrogen) atoms. The molecule has 6 nitrogen and oxygen atoms in total. The molecule has 1 aromatic carbocycles. The maximum Gasteiger partial charge on any atom is 0.261 e. The van der Waals surface area contributed by atoms with E-state index < -0.39 is 9.05 Å². The Kier molecular flexibility index (Phi) is 3.82. The zero-order chi connectivity index (χ0) is 15.6. The second kappa shape index (κ2) is 5.78. The molecule has 8 heteroatoms. The molecule has 0 aliphatic rings. The lowest BCUT2D eigenvalue weighted by molar-refractivity contribution is 0.479. The summed E-state index contributed by atoms with van der Waals surface area (Å²) in [7, 11) is 1.52. The number of rotatable bonds is 4. The Morgan fingerprint density at radius 3 is 2.32 bits per heavy atom. The van der Waals surface area contributed by atoms with Crippen LogP contribution in [0.1, 0.15) is 0 Å². The van der Waals surface area contributed by atoms with Gasteiger partial charge in [0.15, 0.2) is 0 Å². The molecule has 3 aromatic rings. The molecule has 0 saturated heterocycles. The van der Waals surface area contributed by atoms with Crippen molar-refractivity contribution in [2.24, 2.45) is 0 Å². The number of nitrogens with zero attached hydrogens (tertiary/aromatic N) is 3. The highest BCUT2D eigenvalue weighted by Crippen LogP contribution is 2.24. The fraction of sp³-hybridized carbons (Fsp3) is 0. The average molecular weight is 336 g/mol. The number of aromatic nitrogens is 3. The topological polar surface area (TPSA) is 74.1 Å². The first-order valence-corrected chi connectivity index (χ1v) is 8.50. The molecule has 0 fully saturated rings. The Morgan fingerprint density at radius 2 is 1.77 bits per heavy atom. The first-order valence-electron chi connectivity index (χ1n) is 6.19. The molecule has 0 aliphatic carbocycles. The van der Waals surface area contributed by atoms with Crippen LogP contribution in [0.25, 0.3) is 5.82 Å². The van der Waals surface area contributed by atoms with Crippen LogP contribution in [0.2, 0.25) is 0 Å². The monoisotopic (exact) mass is 335 g/mol. The number of hydrogen-bond donors (Lipinski definition) is 0. The minimum atomic E-state index is -3.73. The van der Waals surface area contributed by atoms with E-state index in [1.54, 1.807) is 41.6 Å². The number of halogens is 1. The fourth-order valence-electron chi connectivity index (χ4n) is 1.79. The molecule has 2 aromatic heterocycles. The predicted octanol–water partition coefficient (Wildman–Crippen LogP) is 2.99. The van der Waals surface area contributed by atoms with Crippen molar-refractivity contribution in [2.45, 2.75) is 4.90 Å². The van der Waals surface area contributed by atoms with Crippen molar-refractivity contribution in [3.63, 3.8) is 0 Å². The van der Waals surface area contributed by atoms with E-state index in [2.05, 4.69) is 9.97 Å². The van der Waals surface area contributed by atoms with Crippen LogP contribution in [0.4, 0.5) is 0 Å². The minimum Gasteiger partial charge on any atom is -0.456 e. The van der Waals surface area contributed by atoms with Gasteiger partial charge in [-0.1, -0.05) is 0 Å². The van der Waals surface area contributed by atoms with Gasteiger partial charge in [-0.2, -0.15) is 0 Å². The summed E-state index contributed by atoms with van der Waals surface area (Å²) in [5, 5.41) is 0. The average Bonchev–Trinajstić information content (AvgIpc) is 3.02. The molecular formula is C14H10ClN3O3S. The third kappa shape index (κ3) is 3.26. The number of imidazole rings is 1. The van der Waals surface area contributed by atoms with E-state index in [-0.39, 0.29) is 4.90 Å². The lowest BCUT2D eigenvalue weighted by Crippen LogP contribution is -1.94. The molecular weight excluding hydrogens is 326 g/mol. The molecule has 0 atom stereocenters. The van der Waals surface area contributed by atoms with E-state index in [4.69, 9.17) is 15.4 Å². The van der Waals surface area contributed by atoms with Gasteiger partial charge in [-0.3, -0.25) is 4.57 Å². The van der Waals surface area contributed by atoms with Crippen LogP contribution in [0.5, 0.6) is 11.5 Å². The molecule has 0 N–H and O–H groups in total. The summed E-state index contributed by atoms with van der Waals surface area (Å²) in [6.07, 6.45) is 6.67. The minimum absolute atomic E-state index is 0.0232. The van der Waals surface area contributed by atoms with Gasteiger partial charge in [0, 0.05) is 23.1 Å². The van der Waals surface area contributed by atoms with Gasteiger partial charge in [0.25, 0.3) is 9.05 Å². The number of ether oxygens (including phenoxy) is 1. The van der Waals surface area contributed by atoms with Crippen molar-refractivity contribution in [3.8, 4) is 17.3 Å². The first-order chi connectivity index (χ1) is 10.5. The Balaban J connectivity index is 1.76. The third-order valence-corrected chi connectivity index (χ3v) is 4.20. The molecule has 112 valence electrons. The van der Waals surface area contributed by atoms with E-state index in [1.165, 1.54) is 24.3 Å². The lowest BCUT2D eigenvalue weighted by Gasteiger charge is -2.07. The summed E-state index contributed by atoms with van der Waals surface area (Å²) in [4.78, 5) is 8.23. The largest absolute Gasteiger partial charge is 0.456 e. The normalized spacial score (nSPS) is 11.3. The number of benzene rings is 1. The second-order valence-corrected chi connectivity index (χ2v) is 6.90. The van der Waals surface area contributed by atoms with Crippen LogP contribution in [0.15, 0.2) is 66.2 Å². The van der Waals surface area contributed by atoms with E-state index in [0.29, 0.717) is 17.3 Å². The summed E-state index contributed by atoms with van der Waals surface area (Å²) in [5.41, 5.74) is 0. The van der Waals surface area contributed by atoms with E-state index >= 15 is 0 Å². The smallest absolute Gasteiger partial charge is 0.261 e. The van der Waals surface area contributed by atoms with Gasteiger partial charge in [0.1, 0.15) is 23.6 Å². The van der Waals surface area contributed by atoms with Crippen molar-refractivity contribution in [1.82, 2.24) is 14.5 Å². The summed E-state index contributed by atoms with van der Waals surface area (Å²) in [6, 6.07) is 9.36. The van der Waals surface area contributed by atoms with Crippen molar-refractivity contribution in [3.05, 3.63) is 61.3 Å². The van der Waals surface area contributed by atoms with Gasteiger partial charge < -0.3 is 4.74 Å². The SMILES string of the molecule is O=S(=O)(Cl)c1ccc(Oc2ccc(-n3ccnc3)nc2)cc1. The standard InChI is InChI=1S/C14H10ClN3O3S/c15-22(19,20)13-4-1-11(2-5-13)21-12-3-6-14(17-9-12)18-8-7-16-10-18/h1-10H. The van der Waals surface area contributed by atoms with Crippen LogP contribution in [-0.2, 0) is 9.05 Å². The number of pyridine rings is 1. The maximum absolute atomic E-state index is 11.2. The Bertz CT molecular complexity index is 861. The van der Waals surface area contributed by atoms with Gasteiger partial charge in [-0.05, 0) is 36.4 Å². The molecule has 3 rings (SSSR count). The Labute approximate surface area is 131 Å².